The Bertz CT molecular complexity index is 333. The van der Waals surface area contributed by atoms with Crippen LogP contribution in [-0.2, 0) is 14.4 Å². The minimum Gasteiger partial charge on any atom is -0.480 e. The Morgan fingerprint density at radius 2 is 2.12 bits per heavy atom. The zero-order chi connectivity index (χ0) is 13.0. The van der Waals surface area contributed by atoms with Gasteiger partial charge in [0.25, 0.3) is 0 Å². The van der Waals surface area contributed by atoms with E-state index in [-0.39, 0.29) is 13.0 Å². The lowest BCUT2D eigenvalue weighted by atomic mass is 10.1. The molecule has 3 unspecified atom stereocenters. The van der Waals surface area contributed by atoms with Crippen molar-refractivity contribution in [2.45, 2.75) is 31.0 Å². The lowest BCUT2D eigenvalue weighted by molar-refractivity contribution is -0.143. The number of aliphatic hydroxyl groups excluding tert-OH is 1. The molecule has 0 saturated carbocycles. The van der Waals surface area contributed by atoms with E-state index in [1.807, 2.05) is 0 Å². The second-order valence-corrected chi connectivity index (χ2v) is 3.92. The number of aliphatic hydroxyl groups is 1. The zero-order valence-electron chi connectivity index (χ0n) is 9.05. The van der Waals surface area contributed by atoms with Gasteiger partial charge in [-0.2, -0.15) is 0 Å². The van der Waals surface area contributed by atoms with E-state index in [9.17, 15) is 19.5 Å². The molecule has 0 spiro atoms. The summed E-state index contributed by atoms with van der Waals surface area (Å²) in [5.74, 6) is -2.69. The first-order valence-electron chi connectivity index (χ1n) is 5.13. The molecule has 17 heavy (non-hydrogen) atoms. The molecule has 6 N–H and O–H groups in total. The Hall–Kier alpha value is -1.67. The minimum absolute atomic E-state index is 0.217. The summed E-state index contributed by atoms with van der Waals surface area (Å²) in [6, 6.07) is -1.97. The summed E-state index contributed by atoms with van der Waals surface area (Å²) in [6.07, 6.45) is -0.865. The van der Waals surface area contributed by atoms with E-state index in [0.717, 1.165) is 0 Å². The van der Waals surface area contributed by atoms with E-state index in [1.165, 1.54) is 0 Å². The molecule has 1 rings (SSSR count). The van der Waals surface area contributed by atoms with Crippen molar-refractivity contribution in [2.75, 3.05) is 6.54 Å². The molecule has 0 aliphatic carbocycles. The van der Waals surface area contributed by atoms with Crippen molar-refractivity contribution in [3.8, 4) is 0 Å². The molecule has 1 aliphatic rings. The summed E-state index contributed by atoms with van der Waals surface area (Å²) in [4.78, 5) is 33.0. The molecule has 8 nitrogen and oxygen atoms in total. The third-order valence-electron chi connectivity index (χ3n) is 2.44. The summed E-state index contributed by atoms with van der Waals surface area (Å²) >= 11 is 0. The summed E-state index contributed by atoms with van der Waals surface area (Å²) < 4.78 is 0. The van der Waals surface area contributed by atoms with Crippen LogP contribution in [0.4, 0.5) is 0 Å². The molecule has 0 aromatic carbocycles. The number of carboxylic acid groups (broad SMARTS) is 1. The van der Waals surface area contributed by atoms with Crippen LogP contribution in [0.25, 0.3) is 0 Å². The van der Waals surface area contributed by atoms with Crippen LogP contribution < -0.4 is 16.4 Å². The molecule has 1 fully saturated rings. The quantitative estimate of drug-likeness (QED) is 0.353. The molecule has 0 aromatic rings. The predicted octanol–water partition coefficient (Wildman–Crippen LogP) is -2.85. The first kappa shape index (κ1) is 13.4. The van der Waals surface area contributed by atoms with Gasteiger partial charge in [0.1, 0.15) is 6.04 Å². The molecular formula is C9H15N3O5. The van der Waals surface area contributed by atoms with Crippen LogP contribution in [-0.4, -0.2) is 52.7 Å². The summed E-state index contributed by atoms with van der Waals surface area (Å²) in [5.41, 5.74) is 4.87. The number of nitrogens with one attached hydrogen (secondary N) is 2. The van der Waals surface area contributed by atoms with Crippen molar-refractivity contribution in [1.82, 2.24) is 10.6 Å². The number of hydrogen-bond acceptors (Lipinski definition) is 5. The number of carbonyl (C=O) groups is 3. The minimum atomic E-state index is -1.33. The predicted molar refractivity (Wildman–Crippen MR) is 55.8 cm³/mol. The number of β-amino-alcohol motifs (C(OH)–C–C–N with tert-alkyl or cyclic N) is 1. The number of hydrogen-bond donors (Lipinski definition) is 5. The molecule has 96 valence electrons. The van der Waals surface area contributed by atoms with Gasteiger partial charge in [-0.1, -0.05) is 0 Å². The molecule has 3 atom stereocenters. The SMILES string of the molecule is NC(=O)CC(NC(=O)C1CC(O)CN1)C(=O)O. The maximum absolute atomic E-state index is 11.6. The van der Waals surface area contributed by atoms with Gasteiger partial charge in [0, 0.05) is 6.54 Å². The zero-order valence-corrected chi connectivity index (χ0v) is 9.05. The molecular weight excluding hydrogens is 230 g/mol. The van der Waals surface area contributed by atoms with Crippen LogP contribution >= 0.6 is 0 Å². The highest BCUT2D eigenvalue weighted by molar-refractivity contribution is 5.90. The molecule has 0 radical (unpaired) electrons. The summed E-state index contributed by atoms with van der Waals surface area (Å²) in [7, 11) is 0. The highest BCUT2D eigenvalue weighted by Crippen LogP contribution is 2.06. The van der Waals surface area contributed by atoms with Crippen LogP contribution in [0.15, 0.2) is 0 Å². The molecule has 1 heterocycles. The smallest absolute Gasteiger partial charge is 0.326 e. The van der Waals surface area contributed by atoms with E-state index in [1.54, 1.807) is 0 Å². The fraction of sp³-hybridized carbons (Fsp3) is 0.667. The second kappa shape index (κ2) is 5.60. The summed E-state index contributed by atoms with van der Waals surface area (Å²) in [5, 5.41) is 22.9. The van der Waals surface area contributed by atoms with Crippen LogP contribution in [0.5, 0.6) is 0 Å². The van der Waals surface area contributed by atoms with Gasteiger partial charge in [-0.05, 0) is 6.42 Å². The van der Waals surface area contributed by atoms with Crippen molar-refractivity contribution in [2.24, 2.45) is 5.73 Å². The fourth-order valence-corrected chi connectivity index (χ4v) is 1.59. The number of carboxylic acids is 1. The van der Waals surface area contributed by atoms with Crippen LogP contribution in [0.1, 0.15) is 12.8 Å². The average Bonchev–Trinajstić information content (AvgIpc) is 2.63. The number of amides is 2. The van der Waals surface area contributed by atoms with Gasteiger partial charge in [0.2, 0.25) is 11.8 Å². The van der Waals surface area contributed by atoms with E-state index in [0.29, 0.717) is 0 Å². The Kier molecular flexibility index (Phi) is 4.41. The molecule has 0 aromatic heterocycles. The molecule has 1 saturated heterocycles. The van der Waals surface area contributed by atoms with E-state index in [4.69, 9.17) is 10.8 Å². The van der Waals surface area contributed by atoms with Crippen molar-refractivity contribution in [3.63, 3.8) is 0 Å². The van der Waals surface area contributed by atoms with Gasteiger partial charge in [0.15, 0.2) is 0 Å². The maximum Gasteiger partial charge on any atom is 0.326 e. The number of primary amides is 1. The number of aliphatic carboxylic acids is 1. The van der Waals surface area contributed by atoms with Gasteiger partial charge in [0.05, 0.1) is 18.6 Å². The number of carbonyl (C=O) groups excluding carboxylic acids is 2. The largest absolute Gasteiger partial charge is 0.480 e. The van der Waals surface area contributed by atoms with Crippen molar-refractivity contribution in [1.29, 1.82) is 0 Å². The Balaban J connectivity index is 2.52. The fourth-order valence-electron chi connectivity index (χ4n) is 1.59. The van der Waals surface area contributed by atoms with Crippen LogP contribution in [0, 0.1) is 0 Å². The van der Waals surface area contributed by atoms with Gasteiger partial charge >= 0.3 is 5.97 Å². The molecule has 0 bridgehead atoms. The van der Waals surface area contributed by atoms with E-state index < -0.39 is 42.4 Å². The highest BCUT2D eigenvalue weighted by atomic mass is 16.4. The van der Waals surface area contributed by atoms with Gasteiger partial charge in [-0.15, -0.1) is 0 Å². The summed E-state index contributed by atoms with van der Waals surface area (Å²) in [6.45, 7) is 0.283. The molecule has 2 amide bonds. The van der Waals surface area contributed by atoms with E-state index >= 15 is 0 Å². The van der Waals surface area contributed by atoms with Crippen LogP contribution in [0.2, 0.25) is 0 Å². The highest BCUT2D eigenvalue weighted by Gasteiger charge is 2.31. The van der Waals surface area contributed by atoms with Crippen molar-refractivity contribution in [3.05, 3.63) is 0 Å². The Labute approximate surface area is 97.2 Å². The normalized spacial score (nSPS) is 25.2. The topological polar surface area (TPSA) is 142 Å². The van der Waals surface area contributed by atoms with Crippen LogP contribution in [0.3, 0.4) is 0 Å². The van der Waals surface area contributed by atoms with E-state index in [2.05, 4.69) is 10.6 Å². The average molecular weight is 245 g/mol. The third kappa shape index (κ3) is 4.00. The monoisotopic (exact) mass is 245 g/mol. The number of rotatable bonds is 5. The Morgan fingerprint density at radius 3 is 2.53 bits per heavy atom. The lowest BCUT2D eigenvalue weighted by Crippen LogP contribution is -2.49. The first-order chi connectivity index (χ1) is 7.90. The van der Waals surface area contributed by atoms with Crippen molar-refractivity contribution < 1.29 is 24.6 Å². The molecule has 8 heteroatoms. The van der Waals surface area contributed by atoms with Gasteiger partial charge in [-0.3, -0.25) is 9.59 Å². The molecule has 1 aliphatic heterocycles. The number of nitrogens with two attached hydrogens (primary N) is 1. The first-order valence-corrected chi connectivity index (χ1v) is 5.13. The maximum atomic E-state index is 11.6. The lowest BCUT2D eigenvalue weighted by Gasteiger charge is -2.16. The second-order valence-electron chi connectivity index (χ2n) is 3.92. The van der Waals surface area contributed by atoms with Crippen molar-refractivity contribution >= 4 is 17.8 Å². The van der Waals surface area contributed by atoms with Gasteiger partial charge < -0.3 is 26.6 Å². The third-order valence-corrected chi connectivity index (χ3v) is 2.44. The Morgan fingerprint density at radius 1 is 1.47 bits per heavy atom. The van der Waals surface area contributed by atoms with Gasteiger partial charge in [-0.25, -0.2) is 4.79 Å². The standard InChI is InChI=1S/C9H15N3O5/c10-7(14)2-6(9(16)17)12-8(15)5-1-4(13)3-11-5/h4-6,11,13H,1-3H2,(H2,10,14)(H,12,15)(H,16,17).